The number of rotatable bonds is 13. The zero-order valence-electron chi connectivity index (χ0n) is 24.4. The van der Waals surface area contributed by atoms with Crippen molar-refractivity contribution < 1.29 is 32.2 Å². The van der Waals surface area contributed by atoms with Crippen LogP contribution in [0.15, 0.2) is 95.9 Å². The first-order valence-corrected chi connectivity index (χ1v) is 17.0. The molecule has 1 N–H and O–H groups in total. The first kappa shape index (κ1) is 31.2. The molecule has 10 heteroatoms. The van der Waals surface area contributed by atoms with E-state index in [0.717, 1.165) is 58.4 Å². The van der Waals surface area contributed by atoms with Gasteiger partial charge in [0.05, 0.1) is 18.1 Å². The molecule has 44 heavy (non-hydrogen) atoms. The fourth-order valence-electron chi connectivity index (χ4n) is 4.72. The van der Waals surface area contributed by atoms with Gasteiger partial charge in [-0.3, -0.25) is 14.9 Å². The van der Waals surface area contributed by atoms with E-state index in [0.29, 0.717) is 36.0 Å². The highest BCUT2D eigenvalue weighted by Gasteiger charge is 2.32. The summed E-state index contributed by atoms with van der Waals surface area (Å²) in [6.07, 6.45) is 3.69. The molecule has 1 atom stereocenters. The second-order valence-corrected chi connectivity index (χ2v) is 13.4. The number of imide groups is 1. The van der Waals surface area contributed by atoms with Gasteiger partial charge in [0.25, 0.3) is 5.24 Å². The summed E-state index contributed by atoms with van der Waals surface area (Å²) in [7, 11) is -3.23. The number of thioether (sulfide) groups is 1. The highest BCUT2D eigenvalue weighted by molar-refractivity contribution is 8.15. The number of benzene rings is 4. The van der Waals surface area contributed by atoms with Gasteiger partial charge in [0.1, 0.15) is 28.2 Å². The van der Waals surface area contributed by atoms with Crippen molar-refractivity contribution in [3.63, 3.8) is 0 Å². The van der Waals surface area contributed by atoms with E-state index in [4.69, 9.17) is 14.2 Å². The Bertz CT molecular complexity index is 1720. The van der Waals surface area contributed by atoms with Crippen molar-refractivity contribution in [1.82, 2.24) is 5.32 Å². The van der Waals surface area contributed by atoms with Crippen LogP contribution in [0.2, 0.25) is 0 Å². The summed E-state index contributed by atoms with van der Waals surface area (Å²) in [6.45, 7) is 3.08. The molecule has 2 amide bonds. The molecule has 1 heterocycles. The lowest BCUT2D eigenvalue weighted by Gasteiger charge is -2.14. The summed E-state index contributed by atoms with van der Waals surface area (Å²) in [4.78, 5) is 23.6. The molecule has 0 saturated carbocycles. The van der Waals surface area contributed by atoms with Gasteiger partial charge in [-0.15, -0.1) is 0 Å². The number of nitrogens with one attached hydrogen (secondary N) is 1. The van der Waals surface area contributed by atoms with Crippen LogP contribution in [0.3, 0.4) is 0 Å². The van der Waals surface area contributed by atoms with E-state index in [-0.39, 0.29) is 11.1 Å². The van der Waals surface area contributed by atoms with Gasteiger partial charge in [-0.05, 0) is 95.0 Å². The first-order chi connectivity index (χ1) is 21.2. The van der Waals surface area contributed by atoms with Gasteiger partial charge in [-0.2, -0.15) is 0 Å². The van der Waals surface area contributed by atoms with Crippen LogP contribution in [0.25, 0.3) is 11.1 Å². The molecule has 4 aromatic carbocycles. The van der Waals surface area contributed by atoms with Gasteiger partial charge in [0.2, 0.25) is 5.91 Å². The van der Waals surface area contributed by atoms with Crippen LogP contribution >= 0.6 is 11.8 Å². The Balaban J connectivity index is 1.11. The maximum absolute atomic E-state index is 11.9. The average Bonchev–Trinajstić information content (AvgIpc) is 3.36. The summed E-state index contributed by atoms with van der Waals surface area (Å²) in [5, 5.41) is 1.46. The standard InChI is InChI=1S/C34H33NO7S2/c1-3-5-26-22-29(42-28-14-6-23(7-15-28)24-10-17-30(18-11-24)44(2,38)39)16-19-31(26)41-21-4-20-40-27-12-8-25(9-13-27)32-33(36)35-34(37)43-32/h6-19,22,32H,3-5,20-21H2,1-2H3,(H,35,36,37). The van der Waals surface area contributed by atoms with Gasteiger partial charge in [0.15, 0.2) is 9.84 Å². The van der Waals surface area contributed by atoms with Crippen LogP contribution in [-0.2, 0) is 21.1 Å². The van der Waals surface area contributed by atoms with Crippen LogP contribution < -0.4 is 19.5 Å². The molecule has 1 unspecified atom stereocenters. The largest absolute Gasteiger partial charge is 0.493 e. The zero-order valence-corrected chi connectivity index (χ0v) is 26.1. The van der Waals surface area contributed by atoms with E-state index >= 15 is 0 Å². The summed E-state index contributed by atoms with van der Waals surface area (Å²) >= 11 is 0.982. The van der Waals surface area contributed by atoms with Crippen molar-refractivity contribution in [1.29, 1.82) is 0 Å². The van der Waals surface area contributed by atoms with E-state index in [1.54, 1.807) is 48.5 Å². The predicted molar refractivity (Wildman–Crippen MR) is 171 cm³/mol. The van der Waals surface area contributed by atoms with Crippen molar-refractivity contribution >= 4 is 32.7 Å². The Morgan fingerprint density at radius 1 is 0.773 bits per heavy atom. The van der Waals surface area contributed by atoms with Gasteiger partial charge in [-0.1, -0.05) is 49.7 Å². The molecule has 1 aliphatic rings. The number of hydrogen-bond donors (Lipinski definition) is 1. The fraction of sp³-hybridized carbons (Fsp3) is 0.235. The van der Waals surface area contributed by atoms with Crippen LogP contribution in [0.1, 0.15) is 36.1 Å². The molecule has 4 aromatic rings. The minimum absolute atomic E-state index is 0.292. The molecule has 1 fully saturated rings. The topological polar surface area (TPSA) is 108 Å². The lowest BCUT2D eigenvalue weighted by atomic mass is 10.1. The van der Waals surface area contributed by atoms with E-state index in [9.17, 15) is 18.0 Å². The molecule has 1 aliphatic heterocycles. The second kappa shape index (κ2) is 14.0. The molecule has 8 nitrogen and oxygen atoms in total. The van der Waals surface area contributed by atoms with Crippen molar-refractivity contribution in [3.05, 3.63) is 102 Å². The maximum atomic E-state index is 11.9. The highest BCUT2D eigenvalue weighted by atomic mass is 32.2. The Morgan fingerprint density at radius 3 is 2.00 bits per heavy atom. The Kier molecular flexibility index (Phi) is 9.92. The fourth-order valence-corrected chi connectivity index (χ4v) is 6.18. The average molecular weight is 632 g/mol. The highest BCUT2D eigenvalue weighted by Crippen LogP contribution is 2.35. The molecule has 0 aromatic heterocycles. The number of carbonyl (C=O) groups is 2. The minimum atomic E-state index is -3.23. The quantitative estimate of drug-likeness (QED) is 0.152. The number of amides is 2. The summed E-state index contributed by atoms with van der Waals surface area (Å²) in [6, 6.07) is 27.5. The SMILES string of the molecule is CCCc1cc(Oc2ccc(-c3ccc(S(C)(=O)=O)cc3)cc2)ccc1OCCCOc1ccc(C2SC(=O)NC2=O)cc1. The first-order valence-electron chi connectivity index (χ1n) is 14.3. The Morgan fingerprint density at radius 2 is 1.39 bits per heavy atom. The molecule has 1 saturated heterocycles. The summed E-state index contributed by atoms with van der Waals surface area (Å²) < 4.78 is 41.5. The number of sulfone groups is 1. The van der Waals surface area contributed by atoms with Gasteiger partial charge < -0.3 is 14.2 Å². The van der Waals surface area contributed by atoms with E-state index in [1.807, 2.05) is 42.5 Å². The van der Waals surface area contributed by atoms with Crippen LogP contribution in [0, 0.1) is 0 Å². The molecular formula is C34H33NO7S2. The summed E-state index contributed by atoms with van der Waals surface area (Å²) in [5.74, 6) is 2.63. The molecule has 0 radical (unpaired) electrons. The van der Waals surface area contributed by atoms with E-state index < -0.39 is 15.1 Å². The third-order valence-electron chi connectivity index (χ3n) is 6.94. The molecule has 5 rings (SSSR count). The van der Waals surface area contributed by atoms with Crippen LogP contribution in [-0.4, -0.2) is 39.0 Å². The molecular weight excluding hydrogens is 599 g/mol. The predicted octanol–water partition coefficient (Wildman–Crippen LogP) is 7.37. The van der Waals surface area contributed by atoms with Gasteiger partial charge in [0, 0.05) is 12.7 Å². The molecule has 228 valence electrons. The van der Waals surface area contributed by atoms with Gasteiger partial charge >= 0.3 is 0 Å². The number of aryl methyl sites for hydroxylation is 1. The molecule has 0 spiro atoms. The summed E-state index contributed by atoms with van der Waals surface area (Å²) in [5.41, 5.74) is 3.72. The smallest absolute Gasteiger partial charge is 0.286 e. The van der Waals surface area contributed by atoms with Crippen molar-refractivity contribution in [2.24, 2.45) is 0 Å². The molecule has 0 bridgehead atoms. The van der Waals surface area contributed by atoms with Crippen LogP contribution in [0.5, 0.6) is 23.0 Å². The van der Waals surface area contributed by atoms with Crippen molar-refractivity contribution in [3.8, 4) is 34.1 Å². The second-order valence-electron chi connectivity index (χ2n) is 10.3. The maximum Gasteiger partial charge on any atom is 0.286 e. The third kappa shape index (κ3) is 8.00. The van der Waals surface area contributed by atoms with E-state index in [2.05, 4.69) is 12.2 Å². The monoisotopic (exact) mass is 631 g/mol. The molecule has 0 aliphatic carbocycles. The van der Waals surface area contributed by atoms with E-state index in [1.165, 1.54) is 6.26 Å². The van der Waals surface area contributed by atoms with Crippen molar-refractivity contribution in [2.75, 3.05) is 19.5 Å². The Hall–Kier alpha value is -4.28. The number of ether oxygens (including phenoxy) is 3. The normalized spacial score (nSPS) is 14.7. The Labute approximate surface area is 261 Å². The number of hydrogen-bond acceptors (Lipinski definition) is 8. The number of carbonyl (C=O) groups excluding carboxylic acids is 2. The lowest BCUT2D eigenvalue weighted by molar-refractivity contribution is -0.119. The lowest BCUT2D eigenvalue weighted by Crippen LogP contribution is -2.20. The van der Waals surface area contributed by atoms with Crippen LogP contribution in [0.4, 0.5) is 4.79 Å². The van der Waals surface area contributed by atoms with Gasteiger partial charge in [-0.25, -0.2) is 8.42 Å². The van der Waals surface area contributed by atoms with Crippen molar-refractivity contribution in [2.45, 2.75) is 36.3 Å². The zero-order chi connectivity index (χ0) is 31.1. The minimum Gasteiger partial charge on any atom is -0.493 e. The third-order valence-corrected chi connectivity index (χ3v) is 9.11.